The summed E-state index contributed by atoms with van der Waals surface area (Å²) in [5, 5.41) is 3.38. The van der Waals surface area contributed by atoms with Crippen LogP contribution in [0.2, 0.25) is 0 Å². The minimum atomic E-state index is -3.75. The van der Waals surface area contributed by atoms with E-state index >= 15 is 0 Å². The molecule has 1 fully saturated rings. The number of aryl methyl sites for hydroxylation is 2. The molecule has 1 aliphatic rings. The number of anilines is 3. The van der Waals surface area contributed by atoms with E-state index in [4.69, 9.17) is 10.5 Å². The molecule has 3 rings (SSSR count). The van der Waals surface area contributed by atoms with Crippen molar-refractivity contribution in [1.29, 1.82) is 0 Å². The molecule has 0 unspecified atom stereocenters. The van der Waals surface area contributed by atoms with Crippen molar-refractivity contribution in [3.63, 3.8) is 0 Å². The summed E-state index contributed by atoms with van der Waals surface area (Å²) < 4.78 is 34.1. The summed E-state index contributed by atoms with van der Waals surface area (Å²) in [7, 11) is -3.75. The number of ether oxygens (including phenoxy) is 1. The van der Waals surface area contributed by atoms with Crippen LogP contribution in [0.25, 0.3) is 0 Å². The van der Waals surface area contributed by atoms with Gasteiger partial charge in [0.15, 0.2) is 0 Å². The van der Waals surface area contributed by atoms with Crippen molar-refractivity contribution in [3.05, 3.63) is 47.5 Å². The topological polar surface area (TPSA) is 84.7 Å². The van der Waals surface area contributed by atoms with Crippen LogP contribution < -0.4 is 15.4 Å². The van der Waals surface area contributed by atoms with Crippen molar-refractivity contribution in [2.45, 2.75) is 45.4 Å². The second-order valence-electron chi connectivity index (χ2n) is 8.91. The minimum absolute atomic E-state index is 0.174. The molecule has 1 heterocycles. The third-order valence-electron chi connectivity index (χ3n) is 5.69. The van der Waals surface area contributed by atoms with E-state index in [1.54, 1.807) is 18.2 Å². The molecular weight excluding hydrogens is 410 g/mol. The molecule has 0 amide bonds. The van der Waals surface area contributed by atoms with Gasteiger partial charge in [-0.05, 0) is 68.4 Å². The SMILES string of the molecule is Cc1ccc(N(CC(C)C)S(=O)(=O)c2ccc(NCC3CCOCC3)c(N)c2)c(C)c1. The van der Waals surface area contributed by atoms with Gasteiger partial charge in [-0.1, -0.05) is 31.5 Å². The lowest BCUT2D eigenvalue weighted by Crippen LogP contribution is -2.35. The first-order valence-electron chi connectivity index (χ1n) is 11.0. The molecule has 2 aromatic carbocycles. The van der Waals surface area contributed by atoms with Gasteiger partial charge in [0.2, 0.25) is 0 Å². The molecule has 0 atom stereocenters. The lowest BCUT2D eigenvalue weighted by Gasteiger charge is -2.28. The molecule has 2 aromatic rings. The normalized spacial score (nSPS) is 15.3. The van der Waals surface area contributed by atoms with Crippen LogP contribution >= 0.6 is 0 Å². The van der Waals surface area contributed by atoms with E-state index in [0.717, 1.165) is 49.4 Å². The zero-order valence-electron chi connectivity index (χ0n) is 19.0. The molecule has 0 aromatic heterocycles. The quantitative estimate of drug-likeness (QED) is 0.581. The summed E-state index contributed by atoms with van der Waals surface area (Å²) in [5.74, 6) is 0.718. The summed E-state index contributed by atoms with van der Waals surface area (Å²) in [5.41, 5.74) is 10.2. The number of nitrogen functional groups attached to an aromatic ring is 1. The first-order chi connectivity index (χ1) is 14.7. The van der Waals surface area contributed by atoms with E-state index < -0.39 is 10.0 Å². The fourth-order valence-electron chi connectivity index (χ4n) is 3.94. The Balaban J connectivity index is 1.86. The van der Waals surface area contributed by atoms with Gasteiger partial charge >= 0.3 is 0 Å². The summed E-state index contributed by atoms with van der Waals surface area (Å²) in [6, 6.07) is 10.8. The van der Waals surface area contributed by atoms with Crippen LogP contribution in [0.15, 0.2) is 41.3 Å². The summed E-state index contributed by atoms with van der Waals surface area (Å²) in [6.45, 7) is 10.8. The van der Waals surface area contributed by atoms with Crippen LogP contribution in [-0.2, 0) is 14.8 Å². The Morgan fingerprint density at radius 1 is 1.13 bits per heavy atom. The van der Waals surface area contributed by atoms with Gasteiger partial charge in [-0.2, -0.15) is 0 Å². The van der Waals surface area contributed by atoms with Crippen LogP contribution in [-0.4, -0.2) is 34.7 Å². The van der Waals surface area contributed by atoms with E-state index in [1.165, 1.54) is 4.31 Å². The molecular formula is C24H35N3O3S. The van der Waals surface area contributed by atoms with Crippen LogP contribution in [0.5, 0.6) is 0 Å². The molecule has 1 aliphatic heterocycles. The van der Waals surface area contributed by atoms with Crippen molar-refractivity contribution in [2.24, 2.45) is 11.8 Å². The molecule has 1 saturated heterocycles. The highest BCUT2D eigenvalue weighted by Crippen LogP contribution is 2.31. The predicted molar refractivity (Wildman–Crippen MR) is 128 cm³/mol. The van der Waals surface area contributed by atoms with Gasteiger partial charge < -0.3 is 15.8 Å². The molecule has 7 heteroatoms. The van der Waals surface area contributed by atoms with Crippen LogP contribution in [0.4, 0.5) is 17.1 Å². The molecule has 0 saturated carbocycles. The molecule has 6 nitrogen and oxygen atoms in total. The van der Waals surface area contributed by atoms with E-state index in [1.807, 2.05) is 45.9 Å². The van der Waals surface area contributed by atoms with E-state index in [9.17, 15) is 8.42 Å². The van der Waals surface area contributed by atoms with Crippen LogP contribution in [0, 0.1) is 25.7 Å². The number of hydrogen-bond donors (Lipinski definition) is 2. The maximum absolute atomic E-state index is 13.6. The number of rotatable bonds is 8. The maximum Gasteiger partial charge on any atom is 0.264 e. The molecule has 0 aliphatic carbocycles. The summed E-state index contributed by atoms with van der Waals surface area (Å²) in [6.07, 6.45) is 2.05. The summed E-state index contributed by atoms with van der Waals surface area (Å²) in [4.78, 5) is 0.210. The molecule has 0 radical (unpaired) electrons. The summed E-state index contributed by atoms with van der Waals surface area (Å²) >= 11 is 0. The minimum Gasteiger partial charge on any atom is -0.397 e. The third kappa shape index (κ3) is 5.71. The van der Waals surface area contributed by atoms with Crippen LogP contribution in [0.3, 0.4) is 0 Å². The van der Waals surface area contributed by atoms with Gasteiger partial charge in [0.25, 0.3) is 10.0 Å². The van der Waals surface area contributed by atoms with Crippen molar-refractivity contribution in [2.75, 3.05) is 41.7 Å². The van der Waals surface area contributed by atoms with Gasteiger partial charge in [0.1, 0.15) is 0 Å². The second kappa shape index (κ2) is 9.92. The Hall–Kier alpha value is -2.25. The standard InChI is InChI=1S/C24H35N3O3S/c1-17(2)16-27(24-8-5-18(3)13-19(24)4)31(28,29)21-6-7-23(22(25)14-21)26-15-20-9-11-30-12-10-20/h5-8,13-14,17,20,26H,9-12,15-16,25H2,1-4H3. The Bertz CT molecular complexity index is 999. The monoisotopic (exact) mass is 445 g/mol. The highest BCUT2D eigenvalue weighted by Gasteiger charge is 2.27. The Morgan fingerprint density at radius 2 is 1.84 bits per heavy atom. The lowest BCUT2D eigenvalue weighted by molar-refractivity contribution is 0.0699. The number of sulfonamides is 1. The average Bonchev–Trinajstić information content (AvgIpc) is 2.72. The third-order valence-corrected chi connectivity index (χ3v) is 7.46. The van der Waals surface area contributed by atoms with Crippen molar-refractivity contribution in [3.8, 4) is 0 Å². The molecule has 170 valence electrons. The van der Waals surface area contributed by atoms with Crippen molar-refractivity contribution in [1.82, 2.24) is 0 Å². The lowest BCUT2D eigenvalue weighted by atomic mass is 10.0. The predicted octanol–water partition coefficient (Wildman–Crippen LogP) is 4.58. The molecule has 3 N–H and O–H groups in total. The zero-order chi connectivity index (χ0) is 22.6. The van der Waals surface area contributed by atoms with Gasteiger partial charge in [-0.15, -0.1) is 0 Å². The van der Waals surface area contributed by atoms with Gasteiger partial charge in [0, 0.05) is 26.3 Å². The number of nitrogens with zero attached hydrogens (tertiary/aromatic N) is 1. The molecule has 31 heavy (non-hydrogen) atoms. The first kappa shape index (κ1) is 23.4. The first-order valence-corrected chi connectivity index (χ1v) is 12.4. The van der Waals surface area contributed by atoms with Gasteiger partial charge in [-0.25, -0.2) is 8.42 Å². The largest absolute Gasteiger partial charge is 0.397 e. The maximum atomic E-state index is 13.6. The van der Waals surface area contributed by atoms with Gasteiger partial charge in [-0.3, -0.25) is 4.31 Å². The second-order valence-corrected chi connectivity index (χ2v) is 10.8. The molecule has 0 spiro atoms. The fraction of sp³-hybridized carbons (Fsp3) is 0.500. The highest BCUT2D eigenvalue weighted by molar-refractivity contribution is 7.92. The zero-order valence-corrected chi connectivity index (χ0v) is 19.8. The van der Waals surface area contributed by atoms with E-state index in [-0.39, 0.29) is 10.8 Å². The Kier molecular flexibility index (Phi) is 7.49. The number of nitrogens with one attached hydrogen (secondary N) is 1. The molecule has 0 bridgehead atoms. The van der Waals surface area contributed by atoms with E-state index in [2.05, 4.69) is 5.32 Å². The average molecular weight is 446 g/mol. The number of hydrogen-bond acceptors (Lipinski definition) is 5. The Morgan fingerprint density at radius 3 is 2.45 bits per heavy atom. The number of benzene rings is 2. The highest BCUT2D eigenvalue weighted by atomic mass is 32.2. The van der Waals surface area contributed by atoms with Crippen molar-refractivity contribution >= 4 is 27.1 Å². The van der Waals surface area contributed by atoms with Gasteiger partial charge in [0.05, 0.1) is 22.0 Å². The number of nitrogens with two attached hydrogens (primary N) is 1. The fourth-order valence-corrected chi connectivity index (χ4v) is 5.67. The van der Waals surface area contributed by atoms with Crippen LogP contribution in [0.1, 0.15) is 37.8 Å². The van der Waals surface area contributed by atoms with Crippen molar-refractivity contribution < 1.29 is 13.2 Å². The van der Waals surface area contributed by atoms with E-state index in [0.29, 0.717) is 23.8 Å². The smallest absolute Gasteiger partial charge is 0.264 e. The Labute approximate surface area is 186 Å².